The Kier molecular flexibility index (Phi) is 6.53. The third-order valence-electron chi connectivity index (χ3n) is 4.63. The molecule has 4 heterocycles. The first-order valence-corrected chi connectivity index (χ1v) is 11.4. The molecule has 31 heavy (non-hydrogen) atoms. The Balaban J connectivity index is 1.61. The van der Waals surface area contributed by atoms with Crippen LogP contribution < -0.4 is 4.87 Å². The van der Waals surface area contributed by atoms with Crippen molar-refractivity contribution in [2.24, 2.45) is 0 Å². The third-order valence-corrected chi connectivity index (χ3v) is 7.03. The Labute approximate surface area is 191 Å². The number of thiazole rings is 1. The second-order valence-electron chi connectivity index (χ2n) is 6.57. The first-order valence-electron chi connectivity index (χ1n) is 8.86. The van der Waals surface area contributed by atoms with E-state index in [1.165, 1.54) is 17.1 Å². The van der Waals surface area contributed by atoms with Crippen molar-refractivity contribution in [1.29, 1.82) is 5.26 Å². The van der Waals surface area contributed by atoms with Crippen molar-refractivity contribution in [1.82, 2.24) is 25.0 Å². The molecule has 1 aliphatic heterocycles. The quantitative estimate of drug-likeness (QED) is 0.366. The van der Waals surface area contributed by atoms with Gasteiger partial charge in [-0.15, -0.1) is 5.10 Å². The van der Waals surface area contributed by atoms with Crippen molar-refractivity contribution >= 4 is 39.0 Å². The highest BCUT2D eigenvalue weighted by molar-refractivity contribution is 9.10. The molecule has 0 spiro atoms. The van der Waals surface area contributed by atoms with Crippen LogP contribution in [0, 0.1) is 11.3 Å². The molecule has 3 aromatic rings. The van der Waals surface area contributed by atoms with Crippen LogP contribution in [0.15, 0.2) is 38.0 Å². The molecule has 1 fully saturated rings. The zero-order chi connectivity index (χ0) is 22.1. The van der Waals surface area contributed by atoms with E-state index >= 15 is 0 Å². The SMILES string of the molecule is N#Cc1ncc(SC2OC(CO)C(O)C(n3cc(-c4csc(=O)[nH]4)nn3)C2O)cc1Br. The highest BCUT2D eigenvalue weighted by atomic mass is 79.9. The van der Waals surface area contributed by atoms with Crippen molar-refractivity contribution in [2.75, 3.05) is 6.61 Å². The van der Waals surface area contributed by atoms with Gasteiger partial charge in [-0.3, -0.25) is 4.79 Å². The molecule has 0 aliphatic carbocycles. The summed E-state index contributed by atoms with van der Waals surface area (Å²) in [5.74, 6) is 0. The van der Waals surface area contributed by atoms with Gasteiger partial charge >= 0.3 is 4.87 Å². The summed E-state index contributed by atoms with van der Waals surface area (Å²) < 4.78 is 7.49. The number of ether oxygens (including phenoxy) is 1. The number of hydrogen-bond acceptors (Lipinski definition) is 11. The van der Waals surface area contributed by atoms with Crippen LogP contribution in [0.4, 0.5) is 0 Å². The third kappa shape index (κ3) is 4.44. The average molecular weight is 527 g/mol. The molecule has 0 amide bonds. The fourth-order valence-electron chi connectivity index (χ4n) is 3.13. The molecule has 5 atom stereocenters. The minimum Gasteiger partial charge on any atom is -0.394 e. The summed E-state index contributed by atoms with van der Waals surface area (Å²) in [6.07, 6.45) is -0.504. The van der Waals surface area contributed by atoms with E-state index in [-0.39, 0.29) is 10.6 Å². The van der Waals surface area contributed by atoms with E-state index in [0.717, 1.165) is 23.1 Å². The van der Waals surface area contributed by atoms with Crippen LogP contribution in [0.5, 0.6) is 0 Å². The van der Waals surface area contributed by atoms with Crippen molar-refractivity contribution in [3.8, 4) is 17.5 Å². The maximum atomic E-state index is 11.4. The van der Waals surface area contributed by atoms with E-state index in [9.17, 15) is 20.1 Å². The Hall–Kier alpha value is -2.12. The monoisotopic (exact) mass is 526 g/mol. The van der Waals surface area contributed by atoms with Gasteiger partial charge in [0, 0.05) is 16.5 Å². The number of nitriles is 1. The van der Waals surface area contributed by atoms with E-state index in [2.05, 4.69) is 36.2 Å². The van der Waals surface area contributed by atoms with Crippen molar-refractivity contribution in [3.05, 3.63) is 43.7 Å². The summed E-state index contributed by atoms with van der Waals surface area (Å²) in [6, 6.07) is 2.65. The predicted octanol–water partition coefficient (Wildman–Crippen LogP) is 0.496. The summed E-state index contributed by atoms with van der Waals surface area (Å²) in [5.41, 5.74) is 0.183. The van der Waals surface area contributed by atoms with E-state index < -0.39 is 36.4 Å². The molecule has 0 radical (unpaired) electrons. The number of halogens is 1. The molecule has 4 N–H and O–H groups in total. The minimum atomic E-state index is -1.27. The van der Waals surface area contributed by atoms with E-state index in [1.807, 2.05) is 6.07 Å². The van der Waals surface area contributed by atoms with Gasteiger partial charge in [0.25, 0.3) is 0 Å². The molecule has 1 saturated heterocycles. The molecule has 0 saturated carbocycles. The number of H-pyrrole nitrogens is 1. The van der Waals surface area contributed by atoms with Crippen molar-refractivity contribution in [2.45, 2.75) is 34.7 Å². The van der Waals surface area contributed by atoms with Crippen molar-refractivity contribution in [3.63, 3.8) is 0 Å². The van der Waals surface area contributed by atoms with Crippen LogP contribution in [-0.4, -0.2) is 70.6 Å². The molecule has 0 bridgehead atoms. The van der Waals surface area contributed by atoms with Crippen LogP contribution in [0.3, 0.4) is 0 Å². The largest absolute Gasteiger partial charge is 0.394 e. The van der Waals surface area contributed by atoms with Gasteiger partial charge in [0.15, 0.2) is 5.69 Å². The van der Waals surface area contributed by atoms with E-state index in [4.69, 9.17) is 10.00 Å². The molecule has 4 rings (SSSR count). The van der Waals surface area contributed by atoms with Gasteiger partial charge in [-0.1, -0.05) is 28.3 Å². The number of aliphatic hydroxyl groups is 3. The Bertz CT molecular complexity index is 1180. The molecule has 3 aromatic heterocycles. The fraction of sp³-hybridized carbons (Fsp3) is 0.353. The molecule has 11 nitrogen and oxygen atoms in total. The maximum absolute atomic E-state index is 11.4. The molecular weight excluding hydrogens is 512 g/mol. The number of aliphatic hydroxyl groups excluding tert-OH is 3. The summed E-state index contributed by atoms with van der Waals surface area (Å²) >= 11 is 5.38. The summed E-state index contributed by atoms with van der Waals surface area (Å²) in [6.45, 7) is -0.476. The topological polar surface area (TPSA) is 170 Å². The molecule has 162 valence electrons. The lowest BCUT2D eigenvalue weighted by atomic mass is 9.97. The first kappa shape index (κ1) is 22.1. The molecule has 0 aromatic carbocycles. The Morgan fingerprint density at radius 1 is 1.42 bits per heavy atom. The van der Waals surface area contributed by atoms with Gasteiger partial charge in [0.05, 0.1) is 23.0 Å². The van der Waals surface area contributed by atoms with Crippen LogP contribution in [0.2, 0.25) is 0 Å². The number of aromatic amines is 1. The second-order valence-corrected chi connectivity index (χ2v) is 9.44. The number of nitrogens with zero attached hydrogens (tertiary/aromatic N) is 5. The summed E-state index contributed by atoms with van der Waals surface area (Å²) in [7, 11) is 0. The highest BCUT2D eigenvalue weighted by Crippen LogP contribution is 2.38. The van der Waals surface area contributed by atoms with Crippen molar-refractivity contribution < 1.29 is 20.1 Å². The lowest BCUT2D eigenvalue weighted by Crippen LogP contribution is -2.55. The highest BCUT2D eigenvalue weighted by Gasteiger charge is 2.46. The minimum absolute atomic E-state index is 0.220. The molecular formula is C17H15BrN6O5S2. The van der Waals surface area contributed by atoms with Gasteiger partial charge in [-0.2, -0.15) is 5.26 Å². The van der Waals surface area contributed by atoms with Gasteiger partial charge < -0.3 is 25.0 Å². The standard InChI is InChI=1S/C17H15BrN6O5S2/c18-8-1-7(3-20-9(8)2-19)31-16-15(27)13(14(26)12(5-25)29-16)24-4-10(22-23-24)11-6-30-17(28)21-11/h1,3-4,6,12-16,25-27H,5H2,(H,21,28). The number of thioether (sulfide) groups is 1. The van der Waals surface area contributed by atoms with E-state index in [0.29, 0.717) is 20.8 Å². The number of nitrogens with one attached hydrogen (secondary N) is 1. The molecule has 14 heteroatoms. The summed E-state index contributed by atoms with van der Waals surface area (Å²) in [5, 5.41) is 49.9. The van der Waals surface area contributed by atoms with Crippen LogP contribution >= 0.6 is 39.0 Å². The summed E-state index contributed by atoms with van der Waals surface area (Å²) in [4.78, 5) is 18.4. The van der Waals surface area contributed by atoms with Gasteiger partial charge in [-0.25, -0.2) is 9.67 Å². The zero-order valence-corrected chi connectivity index (χ0v) is 18.7. The second kappa shape index (κ2) is 9.17. The van der Waals surface area contributed by atoms with Crippen LogP contribution in [0.1, 0.15) is 11.7 Å². The first-order chi connectivity index (χ1) is 14.9. The zero-order valence-electron chi connectivity index (χ0n) is 15.5. The van der Waals surface area contributed by atoms with Gasteiger partial charge in [0.1, 0.15) is 41.6 Å². The lowest BCUT2D eigenvalue weighted by Gasteiger charge is -2.41. The molecule has 1 aliphatic rings. The Morgan fingerprint density at radius 3 is 2.87 bits per heavy atom. The number of pyridine rings is 1. The number of rotatable bonds is 5. The smallest absolute Gasteiger partial charge is 0.304 e. The number of aromatic nitrogens is 5. The normalized spacial score (nSPS) is 26.0. The lowest BCUT2D eigenvalue weighted by molar-refractivity contribution is -0.178. The van der Waals surface area contributed by atoms with Gasteiger partial charge in [0.2, 0.25) is 0 Å². The maximum Gasteiger partial charge on any atom is 0.304 e. The Morgan fingerprint density at radius 2 is 2.23 bits per heavy atom. The molecule has 5 unspecified atom stereocenters. The van der Waals surface area contributed by atoms with Gasteiger partial charge in [-0.05, 0) is 22.0 Å². The fourth-order valence-corrected chi connectivity index (χ4v) is 5.36. The van der Waals surface area contributed by atoms with Crippen LogP contribution in [0.25, 0.3) is 11.4 Å². The average Bonchev–Trinajstić information content (AvgIpc) is 3.39. The van der Waals surface area contributed by atoms with E-state index in [1.54, 1.807) is 11.4 Å². The number of hydrogen-bond donors (Lipinski definition) is 4. The van der Waals surface area contributed by atoms with Crippen LogP contribution in [-0.2, 0) is 4.74 Å². The predicted molar refractivity (Wildman–Crippen MR) is 113 cm³/mol.